The Morgan fingerprint density at radius 1 is 1.16 bits per heavy atom. The Balaban J connectivity index is 1.75. The first kappa shape index (κ1) is 22.1. The summed E-state index contributed by atoms with van der Waals surface area (Å²) in [6.45, 7) is 6.11. The topological polar surface area (TPSA) is 77.7 Å². The first-order valence-corrected chi connectivity index (χ1v) is 10.0. The molecular weight excluding hydrogens is 394 g/mol. The molecule has 0 unspecified atom stereocenters. The van der Waals surface area contributed by atoms with Crippen LogP contribution < -0.4 is 9.47 Å². The quantitative estimate of drug-likeness (QED) is 0.498. The lowest BCUT2D eigenvalue weighted by molar-refractivity contribution is -0.128. The van der Waals surface area contributed by atoms with Crippen LogP contribution in [0.5, 0.6) is 11.5 Å². The van der Waals surface area contributed by atoms with Gasteiger partial charge in [-0.05, 0) is 45.0 Å². The van der Waals surface area contributed by atoms with Crippen molar-refractivity contribution < 1.29 is 18.8 Å². The van der Waals surface area contributed by atoms with Crippen LogP contribution in [0.3, 0.4) is 0 Å². The van der Waals surface area contributed by atoms with Crippen LogP contribution in [0, 0.1) is 6.92 Å². The van der Waals surface area contributed by atoms with Crippen molar-refractivity contribution in [3.8, 4) is 22.9 Å². The SMILES string of the molecule is COc1ccc(/C=C/C(=O)N(Cc2nc(-c3cccc(C)c3)no2)C(C)C)c(OC)c1. The minimum absolute atomic E-state index is 0.0516. The molecule has 0 aliphatic carbocycles. The maximum absolute atomic E-state index is 12.9. The molecule has 1 amide bonds. The van der Waals surface area contributed by atoms with Gasteiger partial charge in [-0.15, -0.1) is 0 Å². The van der Waals surface area contributed by atoms with E-state index in [0.29, 0.717) is 23.2 Å². The van der Waals surface area contributed by atoms with Gasteiger partial charge in [0.15, 0.2) is 0 Å². The Morgan fingerprint density at radius 2 is 1.97 bits per heavy atom. The molecule has 31 heavy (non-hydrogen) atoms. The summed E-state index contributed by atoms with van der Waals surface area (Å²) in [5.41, 5.74) is 2.77. The molecule has 0 fully saturated rings. The van der Waals surface area contributed by atoms with E-state index in [1.54, 1.807) is 31.3 Å². The Labute approximate surface area is 182 Å². The molecule has 0 saturated carbocycles. The molecule has 162 valence electrons. The Morgan fingerprint density at radius 3 is 2.65 bits per heavy atom. The van der Waals surface area contributed by atoms with Gasteiger partial charge in [-0.25, -0.2) is 0 Å². The van der Waals surface area contributed by atoms with E-state index in [9.17, 15) is 4.79 Å². The van der Waals surface area contributed by atoms with Crippen molar-refractivity contribution in [2.75, 3.05) is 14.2 Å². The normalized spacial score (nSPS) is 11.2. The second-order valence-corrected chi connectivity index (χ2v) is 7.38. The maximum atomic E-state index is 12.9. The summed E-state index contributed by atoms with van der Waals surface area (Å²) < 4.78 is 16.0. The third-order valence-corrected chi connectivity index (χ3v) is 4.80. The summed E-state index contributed by atoms with van der Waals surface area (Å²) >= 11 is 0. The van der Waals surface area contributed by atoms with Gasteiger partial charge in [0.1, 0.15) is 18.0 Å². The summed E-state index contributed by atoms with van der Waals surface area (Å²) in [6, 6.07) is 13.3. The largest absolute Gasteiger partial charge is 0.497 e. The molecule has 1 heterocycles. The van der Waals surface area contributed by atoms with E-state index in [0.717, 1.165) is 16.7 Å². The molecule has 0 aliphatic heterocycles. The lowest BCUT2D eigenvalue weighted by atomic mass is 10.1. The monoisotopic (exact) mass is 421 g/mol. The van der Waals surface area contributed by atoms with Crippen molar-refractivity contribution in [3.05, 3.63) is 65.6 Å². The highest BCUT2D eigenvalue weighted by Gasteiger charge is 2.19. The lowest BCUT2D eigenvalue weighted by Gasteiger charge is -2.23. The summed E-state index contributed by atoms with van der Waals surface area (Å²) in [6.07, 6.45) is 3.24. The zero-order chi connectivity index (χ0) is 22.4. The summed E-state index contributed by atoms with van der Waals surface area (Å²) in [7, 11) is 3.17. The zero-order valence-corrected chi connectivity index (χ0v) is 18.5. The minimum atomic E-state index is -0.164. The maximum Gasteiger partial charge on any atom is 0.247 e. The number of benzene rings is 2. The third kappa shape index (κ3) is 5.51. The highest BCUT2D eigenvalue weighted by atomic mass is 16.5. The number of hydrogen-bond acceptors (Lipinski definition) is 6. The Hall–Kier alpha value is -3.61. The van der Waals surface area contributed by atoms with Crippen LogP contribution in [-0.2, 0) is 11.3 Å². The van der Waals surface area contributed by atoms with E-state index in [1.807, 2.05) is 57.2 Å². The molecule has 3 rings (SSSR count). The fraction of sp³-hybridized carbons (Fsp3) is 0.292. The minimum Gasteiger partial charge on any atom is -0.497 e. The van der Waals surface area contributed by atoms with Crippen LogP contribution in [0.1, 0.15) is 30.9 Å². The fourth-order valence-electron chi connectivity index (χ4n) is 3.09. The number of hydrogen-bond donors (Lipinski definition) is 0. The van der Waals surface area contributed by atoms with E-state index in [-0.39, 0.29) is 18.5 Å². The number of carbonyl (C=O) groups excluding carboxylic acids is 1. The fourth-order valence-corrected chi connectivity index (χ4v) is 3.09. The van der Waals surface area contributed by atoms with Gasteiger partial charge in [0.05, 0.1) is 14.2 Å². The van der Waals surface area contributed by atoms with Crippen molar-refractivity contribution in [2.45, 2.75) is 33.4 Å². The number of rotatable bonds is 8. The van der Waals surface area contributed by atoms with Crippen LogP contribution in [0.25, 0.3) is 17.5 Å². The van der Waals surface area contributed by atoms with Gasteiger partial charge in [-0.1, -0.05) is 28.9 Å². The summed E-state index contributed by atoms with van der Waals surface area (Å²) in [4.78, 5) is 19.0. The van der Waals surface area contributed by atoms with E-state index >= 15 is 0 Å². The summed E-state index contributed by atoms with van der Waals surface area (Å²) in [5.74, 6) is 2.04. The van der Waals surface area contributed by atoms with E-state index < -0.39 is 0 Å². The molecular formula is C24H27N3O4. The van der Waals surface area contributed by atoms with E-state index in [1.165, 1.54) is 6.08 Å². The molecule has 2 aromatic carbocycles. The number of methoxy groups -OCH3 is 2. The molecule has 0 atom stereocenters. The number of amides is 1. The third-order valence-electron chi connectivity index (χ3n) is 4.80. The highest BCUT2D eigenvalue weighted by molar-refractivity contribution is 5.92. The zero-order valence-electron chi connectivity index (χ0n) is 18.5. The molecule has 7 nitrogen and oxygen atoms in total. The van der Waals surface area contributed by atoms with Gasteiger partial charge >= 0.3 is 0 Å². The van der Waals surface area contributed by atoms with Gasteiger partial charge < -0.3 is 18.9 Å². The van der Waals surface area contributed by atoms with Crippen molar-refractivity contribution in [2.24, 2.45) is 0 Å². The lowest BCUT2D eigenvalue weighted by Crippen LogP contribution is -2.35. The van der Waals surface area contributed by atoms with Gasteiger partial charge in [-0.2, -0.15) is 4.98 Å². The first-order valence-electron chi connectivity index (χ1n) is 10.0. The van der Waals surface area contributed by atoms with Crippen LogP contribution >= 0.6 is 0 Å². The van der Waals surface area contributed by atoms with Crippen molar-refractivity contribution in [3.63, 3.8) is 0 Å². The van der Waals surface area contributed by atoms with Crippen molar-refractivity contribution in [1.29, 1.82) is 0 Å². The average molecular weight is 421 g/mol. The predicted octanol–water partition coefficient (Wildman–Crippen LogP) is 4.51. The smallest absolute Gasteiger partial charge is 0.247 e. The average Bonchev–Trinajstić information content (AvgIpc) is 3.24. The number of carbonyl (C=O) groups is 1. The second kappa shape index (κ2) is 9.93. The van der Waals surface area contributed by atoms with Gasteiger partial charge in [0, 0.05) is 29.3 Å². The van der Waals surface area contributed by atoms with E-state index in [2.05, 4.69) is 10.1 Å². The molecule has 0 radical (unpaired) electrons. The number of nitrogens with zero attached hydrogens (tertiary/aromatic N) is 3. The summed E-state index contributed by atoms with van der Waals surface area (Å²) in [5, 5.41) is 4.06. The van der Waals surface area contributed by atoms with Crippen molar-refractivity contribution >= 4 is 12.0 Å². The van der Waals surface area contributed by atoms with Gasteiger partial charge in [-0.3, -0.25) is 4.79 Å². The molecule has 1 aromatic heterocycles. The Bertz CT molecular complexity index is 1070. The molecule has 0 saturated heterocycles. The van der Waals surface area contributed by atoms with Crippen molar-refractivity contribution in [1.82, 2.24) is 15.0 Å². The van der Waals surface area contributed by atoms with Gasteiger partial charge in [0.2, 0.25) is 17.6 Å². The number of ether oxygens (including phenoxy) is 2. The molecule has 0 spiro atoms. The van der Waals surface area contributed by atoms with Crippen LogP contribution in [0.2, 0.25) is 0 Å². The standard InChI is InChI=1S/C24H27N3O4/c1-16(2)27(15-22-25-24(26-31-22)19-8-6-7-17(3)13-19)23(28)12-10-18-9-11-20(29-4)14-21(18)30-5/h6-14,16H,15H2,1-5H3/b12-10+. The van der Waals surface area contributed by atoms with Crippen LogP contribution in [0.4, 0.5) is 0 Å². The molecule has 0 bridgehead atoms. The molecule has 0 N–H and O–H groups in total. The Kier molecular flexibility index (Phi) is 7.07. The van der Waals surface area contributed by atoms with Crippen LogP contribution in [0.15, 0.2) is 53.1 Å². The second-order valence-electron chi connectivity index (χ2n) is 7.38. The highest BCUT2D eigenvalue weighted by Crippen LogP contribution is 2.26. The number of aryl methyl sites for hydroxylation is 1. The number of aromatic nitrogens is 2. The predicted molar refractivity (Wildman–Crippen MR) is 119 cm³/mol. The van der Waals surface area contributed by atoms with Crippen LogP contribution in [-0.4, -0.2) is 41.2 Å². The van der Waals surface area contributed by atoms with Gasteiger partial charge in [0.25, 0.3) is 0 Å². The first-order chi connectivity index (χ1) is 14.9. The molecule has 7 heteroatoms. The molecule has 0 aliphatic rings. The van der Waals surface area contributed by atoms with E-state index in [4.69, 9.17) is 14.0 Å². The molecule has 3 aromatic rings.